The van der Waals surface area contributed by atoms with E-state index in [1.165, 1.54) is 31.2 Å². The molecule has 8 heteroatoms. The molecule has 2 atom stereocenters. The molecule has 0 spiro atoms. The summed E-state index contributed by atoms with van der Waals surface area (Å²) in [6.45, 7) is 2.90. The standard InChI is InChI=1S/C13H16N2O6/c1-3-21-13(18)11(14-8(2)16)12(17)9-4-6-10(7-5-9)15(19)20/h4-7,11-12,17H,3H2,1-2H3,(H,14,16)/t11-,12+/m0/s1. The highest BCUT2D eigenvalue weighted by Gasteiger charge is 2.30. The third-order valence-corrected chi connectivity index (χ3v) is 2.66. The van der Waals surface area contributed by atoms with E-state index in [2.05, 4.69) is 5.32 Å². The number of aliphatic hydroxyl groups excluding tert-OH is 1. The van der Waals surface area contributed by atoms with Gasteiger partial charge in [0.1, 0.15) is 6.10 Å². The van der Waals surface area contributed by atoms with Crippen molar-refractivity contribution in [3.8, 4) is 0 Å². The fraction of sp³-hybridized carbons (Fsp3) is 0.385. The minimum atomic E-state index is -1.37. The van der Waals surface area contributed by atoms with Gasteiger partial charge < -0.3 is 15.2 Å². The Kier molecular flexibility index (Phi) is 5.79. The van der Waals surface area contributed by atoms with Crippen LogP contribution in [0.15, 0.2) is 24.3 Å². The van der Waals surface area contributed by atoms with E-state index in [-0.39, 0.29) is 17.9 Å². The van der Waals surface area contributed by atoms with E-state index in [0.717, 1.165) is 0 Å². The van der Waals surface area contributed by atoms with E-state index in [1.807, 2.05) is 0 Å². The van der Waals surface area contributed by atoms with Crippen LogP contribution < -0.4 is 5.32 Å². The van der Waals surface area contributed by atoms with Gasteiger partial charge in [-0.25, -0.2) is 4.79 Å². The van der Waals surface area contributed by atoms with Gasteiger partial charge in [0.2, 0.25) is 5.91 Å². The SMILES string of the molecule is CCOC(=O)[C@@H](NC(C)=O)[C@H](O)c1ccc([N+](=O)[O-])cc1. The second kappa shape index (κ2) is 7.34. The minimum Gasteiger partial charge on any atom is -0.464 e. The van der Waals surface area contributed by atoms with Gasteiger partial charge >= 0.3 is 5.97 Å². The van der Waals surface area contributed by atoms with Gasteiger partial charge in [0.05, 0.1) is 11.5 Å². The molecule has 0 radical (unpaired) electrons. The van der Waals surface area contributed by atoms with Crippen LogP contribution in [0.5, 0.6) is 0 Å². The molecule has 114 valence electrons. The number of nitro groups is 1. The Hall–Kier alpha value is -2.48. The van der Waals surface area contributed by atoms with Gasteiger partial charge in [-0.1, -0.05) is 0 Å². The van der Waals surface area contributed by atoms with Crippen molar-refractivity contribution in [2.24, 2.45) is 0 Å². The summed E-state index contributed by atoms with van der Waals surface area (Å²) < 4.78 is 4.79. The Balaban J connectivity index is 2.97. The van der Waals surface area contributed by atoms with Crippen LogP contribution in [-0.2, 0) is 14.3 Å². The molecule has 0 fully saturated rings. The van der Waals surface area contributed by atoms with Crippen LogP contribution >= 0.6 is 0 Å². The molecule has 0 aliphatic heterocycles. The molecule has 0 aromatic heterocycles. The fourth-order valence-electron chi connectivity index (χ4n) is 1.70. The van der Waals surface area contributed by atoms with Crippen molar-refractivity contribution >= 4 is 17.6 Å². The van der Waals surface area contributed by atoms with Crippen LogP contribution in [0.25, 0.3) is 0 Å². The van der Waals surface area contributed by atoms with Crippen molar-refractivity contribution < 1.29 is 24.4 Å². The highest BCUT2D eigenvalue weighted by molar-refractivity contribution is 5.84. The first kappa shape index (κ1) is 16.6. The summed E-state index contributed by atoms with van der Waals surface area (Å²) >= 11 is 0. The lowest BCUT2D eigenvalue weighted by Gasteiger charge is -2.22. The van der Waals surface area contributed by atoms with Crippen LogP contribution in [-0.4, -0.2) is 34.6 Å². The molecular weight excluding hydrogens is 280 g/mol. The monoisotopic (exact) mass is 296 g/mol. The van der Waals surface area contributed by atoms with E-state index in [4.69, 9.17) is 4.74 Å². The molecule has 0 saturated heterocycles. The van der Waals surface area contributed by atoms with E-state index < -0.39 is 28.9 Å². The molecule has 0 aliphatic carbocycles. The second-order valence-corrected chi connectivity index (χ2v) is 4.22. The predicted octanol–water partition coefficient (Wildman–Crippen LogP) is 0.696. The normalized spacial score (nSPS) is 13.1. The van der Waals surface area contributed by atoms with E-state index >= 15 is 0 Å². The number of non-ortho nitro benzene ring substituents is 1. The maximum Gasteiger partial charge on any atom is 0.331 e. The van der Waals surface area contributed by atoms with Gasteiger partial charge in [-0.3, -0.25) is 14.9 Å². The molecule has 21 heavy (non-hydrogen) atoms. The first-order chi connectivity index (χ1) is 9.86. The average molecular weight is 296 g/mol. The molecule has 0 heterocycles. The maximum atomic E-state index is 11.8. The van der Waals surface area contributed by atoms with Crippen LogP contribution in [0, 0.1) is 10.1 Å². The number of aliphatic hydroxyl groups is 1. The van der Waals surface area contributed by atoms with E-state index in [0.29, 0.717) is 0 Å². The second-order valence-electron chi connectivity index (χ2n) is 4.22. The third kappa shape index (κ3) is 4.53. The zero-order chi connectivity index (χ0) is 16.0. The summed E-state index contributed by atoms with van der Waals surface area (Å²) in [4.78, 5) is 32.9. The van der Waals surface area contributed by atoms with Crippen molar-refractivity contribution in [3.63, 3.8) is 0 Å². The molecule has 1 amide bonds. The van der Waals surface area contributed by atoms with Crippen LogP contribution in [0.1, 0.15) is 25.5 Å². The fourth-order valence-corrected chi connectivity index (χ4v) is 1.70. The van der Waals surface area contributed by atoms with Crippen molar-refractivity contribution in [3.05, 3.63) is 39.9 Å². The Morgan fingerprint density at radius 2 is 1.95 bits per heavy atom. The maximum absolute atomic E-state index is 11.8. The number of carbonyl (C=O) groups excluding carboxylic acids is 2. The van der Waals surface area contributed by atoms with Gasteiger partial charge in [0, 0.05) is 19.1 Å². The number of rotatable bonds is 6. The van der Waals surface area contributed by atoms with Crippen LogP contribution in [0.4, 0.5) is 5.69 Å². The number of benzene rings is 1. The van der Waals surface area contributed by atoms with Crippen molar-refractivity contribution in [2.45, 2.75) is 26.0 Å². The first-order valence-corrected chi connectivity index (χ1v) is 6.23. The largest absolute Gasteiger partial charge is 0.464 e. The zero-order valence-corrected chi connectivity index (χ0v) is 11.6. The molecule has 0 unspecified atom stereocenters. The molecule has 0 saturated carbocycles. The van der Waals surface area contributed by atoms with E-state index in [1.54, 1.807) is 6.92 Å². The number of carbonyl (C=O) groups is 2. The van der Waals surface area contributed by atoms with Gasteiger partial charge in [0.25, 0.3) is 5.69 Å². The number of nitrogens with one attached hydrogen (secondary N) is 1. The minimum absolute atomic E-state index is 0.0991. The topological polar surface area (TPSA) is 119 Å². The summed E-state index contributed by atoms with van der Waals surface area (Å²) in [7, 11) is 0. The quantitative estimate of drug-likeness (QED) is 0.453. The highest BCUT2D eigenvalue weighted by atomic mass is 16.6. The highest BCUT2D eigenvalue weighted by Crippen LogP contribution is 2.21. The van der Waals surface area contributed by atoms with Gasteiger partial charge in [-0.2, -0.15) is 0 Å². The number of amides is 1. The lowest BCUT2D eigenvalue weighted by atomic mass is 10.0. The number of hydrogen-bond acceptors (Lipinski definition) is 6. The summed E-state index contributed by atoms with van der Waals surface area (Å²) in [6.07, 6.45) is -1.37. The van der Waals surface area contributed by atoms with Crippen molar-refractivity contribution in [1.29, 1.82) is 0 Å². The van der Waals surface area contributed by atoms with Crippen LogP contribution in [0.3, 0.4) is 0 Å². The molecular formula is C13H16N2O6. The molecule has 1 aromatic rings. The Bertz CT molecular complexity index is 528. The first-order valence-electron chi connectivity index (χ1n) is 6.23. The smallest absolute Gasteiger partial charge is 0.331 e. The Morgan fingerprint density at radius 3 is 2.38 bits per heavy atom. The number of nitro benzene ring substituents is 1. The summed E-state index contributed by atoms with van der Waals surface area (Å²) in [5.74, 6) is -1.28. The number of hydrogen-bond donors (Lipinski definition) is 2. The molecule has 1 aromatic carbocycles. The van der Waals surface area contributed by atoms with Crippen LogP contribution in [0.2, 0.25) is 0 Å². The Labute approximate surface area is 120 Å². The predicted molar refractivity (Wildman–Crippen MR) is 72.3 cm³/mol. The van der Waals surface area contributed by atoms with Gasteiger partial charge in [0.15, 0.2) is 6.04 Å². The number of esters is 1. The van der Waals surface area contributed by atoms with Gasteiger partial charge in [-0.05, 0) is 24.6 Å². The molecule has 8 nitrogen and oxygen atoms in total. The number of nitrogens with zero attached hydrogens (tertiary/aromatic N) is 1. The molecule has 2 N–H and O–H groups in total. The van der Waals surface area contributed by atoms with Crippen molar-refractivity contribution in [1.82, 2.24) is 5.32 Å². The van der Waals surface area contributed by atoms with Crippen molar-refractivity contribution in [2.75, 3.05) is 6.61 Å². The summed E-state index contributed by atoms with van der Waals surface area (Å²) in [5.41, 5.74) is 0.116. The molecule has 0 bridgehead atoms. The Morgan fingerprint density at radius 1 is 1.38 bits per heavy atom. The van der Waals surface area contributed by atoms with Gasteiger partial charge in [-0.15, -0.1) is 0 Å². The third-order valence-electron chi connectivity index (χ3n) is 2.66. The lowest BCUT2D eigenvalue weighted by molar-refractivity contribution is -0.384. The molecule has 0 aliphatic rings. The van der Waals surface area contributed by atoms with E-state index in [9.17, 15) is 24.8 Å². The summed E-state index contributed by atoms with van der Waals surface area (Å²) in [5, 5.41) is 23.0. The average Bonchev–Trinajstić information content (AvgIpc) is 2.44. The molecule has 1 rings (SSSR count). The lowest BCUT2D eigenvalue weighted by Crippen LogP contribution is -2.45. The zero-order valence-electron chi connectivity index (χ0n) is 11.6. The number of ether oxygens (including phenoxy) is 1. The summed E-state index contributed by atoms with van der Waals surface area (Å²) in [6, 6.07) is 3.76.